The van der Waals surface area contributed by atoms with E-state index in [1.165, 1.54) is 0 Å². The van der Waals surface area contributed by atoms with Crippen LogP contribution in [0.25, 0.3) is 0 Å². The zero-order chi connectivity index (χ0) is 13.1. The highest BCUT2D eigenvalue weighted by atomic mass is 32.2. The van der Waals surface area contributed by atoms with E-state index in [-0.39, 0.29) is 5.91 Å². The normalized spacial score (nSPS) is 14.7. The lowest BCUT2D eigenvalue weighted by atomic mass is 10.1. The van der Waals surface area contributed by atoms with Gasteiger partial charge in [0.05, 0.1) is 5.69 Å². The zero-order valence-electron chi connectivity index (χ0n) is 11.0. The Morgan fingerprint density at radius 1 is 1.50 bits per heavy atom. The first-order chi connectivity index (χ1) is 8.58. The number of fused-ring (bicyclic) bond motifs is 1. The number of hydrogen-bond donors (Lipinski definition) is 1. The summed E-state index contributed by atoms with van der Waals surface area (Å²) in [4.78, 5) is 15.3. The Morgan fingerprint density at radius 2 is 2.28 bits per heavy atom. The Morgan fingerprint density at radius 3 is 3.00 bits per heavy atom. The van der Waals surface area contributed by atoms with Crippen molar-refractivity contribution in [2.75, 3.05) is 22.9 Å². The van der Waals surface area contributed by atoms with Crippen LogP contribution in [0, 0.1) is 5.92 Å². The predicted octanol–water partition coefficient (Wildman–Crippen LogP) is 3.14. The third-order valence-corrected chi connectivity index (χ3v) is 4.13. The molecule has 0 aliphatic carbocycles. The number of benzene rings is 1. The van der Waals surface area contributed by atoms with Crippen LogP contribution in [0.5, 0.6) is 0 Å². The molecule has 2 rings (SSSR count). The molecule has 1 aliphatic rings. The Balaban J connectivity index is 2.16. The van der Waals surface area contributed by atoms with Crippen molar-refractivity contribution in [3.63, 3.8) is 0 Å². The van der Waals surface area contributed by atoms with Gasteiger partial charge in [-0.3, -0.25) is 4.79 Å². The average molecular weight is 264 g/mol. The molecule has 3 nitrogen and oxygen atoms in total. The Labute approximate surface area is 113 Å². The molecule has 2 N–H and O–H groups in total. The second-order valence-corrected chi connectivity index (χ2v) is 6.19. The summed E-state index contributed by atoms with van der Waals surface area (Å²) in [5, 5.41) is 0. The maximum absolute atomic E-state index is 12.3. The van der Waals surface area contributed by atoms with Crippen molar-refractivity contribution in [3.8, 4) is 0 Å². The number of nitrogens with zero attached hydrogens (tertiary/aromatic N) is 1. The van der Waals surface area contributed by atoms with Crippen molar-refractivity contribution >= 4 is 29.0 Å². The molecule has 1 aromatic carbocycles. The molecule has 18 heavy (non-hydrogen) atoms. The highest BCUT2D eigenvalue weighted by Crippen LogP contribution is 2.36. The molecule has 98 valence electrons. The molecule has 1 heterocycles. The van der Waals surface area contributed by atoms with Gasteiger partial charge >= 0.3 is 0 Å². The largest absolute Gasteiger partial charge is 0.399 e. The number of nitrogen functional groups attached to an aromatic ring is 1. The standard InChI is InChI=1S/C14H20N2OS/c1-10(2)3-6-14(17)16-7-8-18-13-5-4-11(15)9-12(13)16/h4-5,9-10H,3,6-8,15H2,1-2H3. The molecule has 0 saturated carbocycles. The smallest absolute Gasteiger partial charge is 0.227 e. The summed E-state index contributed by atoms with van der Waals surface area (Å²) < 4.78 is 0. The van der Waals surface area contributed by atoms with E-state index in [4.69, 9.17) is 5.73 Å². The van der Waals surface area contributed by atoms with Crippen molar-refractivity contribution in [1.82, 2.24) is 0 Å². The average Bonchev–Trinajstić information content (AvgIpc) is 2.35. The van der Waals surface area contributed by atoms with Gasteiger partial charge in [0.15, 0.2) is 0 Å². The number of anilines is 2. The first-order valence-electron chi connectivity index (χ1n) is 6.40. The molecular formula is C14H20N2OS. The second kappa shape index (κ2) is 5.65. The number of thioether (sulfide) groups is 1. The van der Waals surface area contributed by atoms with Crippen LogP contribution in [0.3, 0.4) is 0 Å². The quantitative estimate of drug-likeness (QED) is 0.853. The van der Waals surface area contributed by atoms with E-state index in [9.17, 15) is 4.79 Å². The van der Waals surface area contributed by atoms with Gasteiger partial charge in [-0.25, -0.2) is 0 Å². The van der Waals surface area contributed by atoms with E-state index < -0.39 is 0 Å². The lowest BCUT2D eigenvalue weighted by Gasteiger charge is -2.29. The summed E-state index contributed by atoms with van der Waals surface area (Å²) in [7, 11) is 0. The number of nitrogens with two attached hydrogens (primary N) is 1. The lowest BCUT2D eigenvalue weighted by Crippen LogP contribution is -2.35. The van der Waals surface area contributed by atoms with Crippen LogP contribution in [0.4, 0.5) is 11.4 Å². The molecule has 0 saturated heterocycles. The Bertz CT molecular complexity index is 445. The molecule has 0 radical (unpaired) electrons. The van der Waals surface area contributed by atoms with Crippen molar-refractivity contribution in [2.24, 2.45) is 5.92 Å². The van der Waals surface area contributed by atoms with Crippen LogP contribution >= 0.6 is 11.8 Å². The molecule has 1 aromatic rings. The highest BCUT2D eigenvalue weighted by Gasteiger charge is 2.22. The van der Waals surface area contributed by atoms with Crippen LogP contribution in [-0.2, 0) is 4.79 Å². The number of carbonyl (C=O) groups is 1. The van der Waals surface area contributed by atoms with E-state index in [0.29, 0.717) is 12.3 Å². The van der Waals surface area contributed by atoms with Crippen LogP contribution < -0.4 is 10.6 Å². The fourth-order valence-electron chi connectivity index (χ4n) is 2.04. The second-order valence-electron chi connectivity index (χ2n) is 5.05. The van der Waals surface area contributed by atoms with Crippen molar-refractivity contribution < 1.29 is 4.79 Å². The van der Waals surface area contributed by atoms with Crippen LogP contribution in [-0.4, -0.2) is 18.2 Å². The van der Waals surface area contributed by atoms with Gasteiger partial charge in [0.25, 0.3) is 0 Å². The van der Waals surface area contributed by atoms with Gasteiger partial charge in [-0.15, -0.1) is 11.8 Å². The minimum Gasteiger partial charge on any atom is -0.399 e. The van der Waals surface area contributed by atoms with E-state index in [1.807, 2.05) is 23.1 Å². The molecule has 1 amide bonds. The maximum atomic E-state index is 12.3. The summed E-state index contributed by atoms with van der Waals surface area (Å²) in [5.41, 5.74) is 7.53. The zero-order valence-corrected chi connectivity index (χ0v) is 11.8. The van der Waals surface area contributed by atoms with Crippen molar-refractivity contribution in [1.29, 1.82) is 0 Å². The third kappa shape index (κ3) is 2.99. The fraction of sp³-hybridized carbons (Fsp3) is 0.500. The Hall–Kier alpha value is -1.16. The van der Waals surface area contributed by atoms with Crippen LogP contribution in [0.1, 0.15) is 26.7 Å². The van der Waals surface area contributed by atoms with Gasteiger partial charge in [0, 0.05) is 29.3 Å². The maximum Gasteiger partial charge on any atom is 0.227 e. The van der Waals surface area contributed by atoms with E-state index in [1.54, 1.807) is 11.8 Å². The fourth-order valence-corrected chi connectivity index (χ4v) is 3.02. The number of hydrogen-bond acceptors (Lipinski definition) is 3. The van der Waals surface area contributed by atoms with E-state index in [0.717, 1.165) is 35.0 Å². The summed E-state index contributed by atoms with van der Waals surface area (Å²) in [6, 6.07) is 5.82. The van der Waals surface area contributed by atoms with E-state index in [2.05, 4.69) is 13.8 Å². The van der Waals surface area contributed by atoms with Gasteiger partial charge in [-0.05, 0) is 30.5 Å². The third-order valence-electron chi connectivity index (χ3n) is 3.08. The monoisotopic (exact) mass is 264 g/mol. The van der Waals surface area contributed by atoms with Crippen molar-refractivity contribution in [3.05, 3.63) is 18.2 Å². The summed E-state index contributed by atoms with van der Waals surface area (Å²) in [6.45, 7) is 5.08. The topological polar surface area (TPSA) is 46.3 Å². The number of carbonyl (C=O) groups excluding carboxylic acids is 1. The molecule has 0 atom stereocenters. The minimum absolute atomic E-state index is 0.218. The van der Waals surface area contributed by atoms with E-state index >= 15 is 0 Å². The SMILES string of the molecule is CC(C)CCC(=O)N1CCSc2ccc(N)cc21. The predicted molar refractivity (Wildman–Crippen MR) is 78.0 cm³/mol. The highest BCUT2D eigenvalue weighted by molar-refractivity contribution is 7.99. The first kappa shape index (κ1) is 13.3. The lowest BCUT2D eigenvalue weighted by molar-refractivity contribution is -0.118. The molecule has 0 unspecified atom stereocenters. The molecule has 0 aromatic heterocycles. The molecule has 4 heteroatoms. The molecule has 0 bridgehead atoms. The van der Waals surface area contributed by atoms with Gasteiger partial charge in [0.1, 0.15) is 0 Å². The Kier molecular flexibility index (Phi) is 4.17. The summed E-state index contributed by atoms with van der Waals surface area (Å²) in [6.07, 6.45) is 1.57. The molecular weight excluding hydrogens is 244 g/mol. The summed E-state index contributed by atoms with van der Waals surface area (Å²) >= 11 is 1.79. The van der Waals surface area contributed by atoms with Gasteiger partial charge in [-0.1, -0.05) is 13.8 Å². The summed E-state index contributed by atoms with van der Waals surface area (Å²) in [5.74, 6) is 1.74. The van der Waals surface area contributed by atoms with Crippen LogP contribution in [0.2, 0.25) is 0 Å². The first-order valence-corrected chi connectivity index (χ1v) is 7.39. The number of rotatable bonds is 3. The molecule has 0 fully saturated rings. The molecule has 1 aliphatic heterocycles. The van der Waals surface area contributed by atoms with Crippen molar-refractivity contribution in [2.45, 2.75) is 31.6 Å². The minimum atomic E-state index is 0.218. The van der Waals surface area contributed by atoms with Crippen LogP contribution in [0.15, 0.2) is 23.1 Å². The van der Waals surface area contributed by atoms with Gasteiger partial charge in [0.2, 0.25) is 5.91 Å². The van der Waals surface area contributed by atoms with Gasteiger partial charge < -0.3 is 10.6 Å². The number of amides is 1. The molecule has 0 spiro atoms. The van der Waals surface area contributed by atoms with Gasteiger partial charge in [-0.2, -0.15) is 0 Å².